The maximum atomic E-state index is 5.31. The second kappa shape index (κ2) is 4.58. The summed E-state index contributed by atoms with van der Waals surface area (Å²) in [5.41, 5.74) is 2.54. The van der Waals surface area contributed by atoms with Gasteiger partial charge in [-0.05, 0) is 29.7 Å². The van der Waals surface area contributed by atoms with E-state index in [1.165, 1.54) is 11.1 Å². The fourth-order valence-corrected chi connectivity index (χ4v) is 2.13. The van der Waals surface area contributed by atoms with Crippen LogP contribution in [0.15, 0.2) is 24.8 Å². The van der Waals surface area contributed by atoms with Gasteiger partial charge < -0.3 is 14.8 Å². The molecule has 0 spiro atoms. The van der Waals surface area contributed by atoms with Crippen LogP contribution in [0.5, 0.6) is 11.5 Å². The first-order valence-corrected chi connectivity index (χ1v) is 5.41. The molecule has 0 amide bonds. The first-order chi connectivity index (χ1) is 7.80. The first kappa shape index (κ1) is 11.0. The number of fused-ring (bicyclic) bond motifs is 1. The molecule has 1 N–H and O–H groups in total. The minimum atomic E-state index is 0.212. The first-order valence-electron chi connectivity index (χ1n) is 5.41. The van der Waals surface area contributed by atoms with Gasteiger partial charge in [-0.25, -0.2) is 0 Å². The molecule has 1 heterocycles. The van der Waals surface area contributed by atoms with Crippen LogP contribution in [0.1, 0.15) is 17.2 Å². The summed E-state index contributed by atoms with van der Waals surface area (Å²) in [5, 5.41) is 3.40. The van der Waals surface area contributed by atoms with Gasteiger partial charge in [-0.2, -0.15) is 0 Å². The monoisotopic (exact) mass is 219 g/mol. The molecule has 0 bridgehead atoms. The second-order valence-corrected chi connectivity index (χ2v) is 3.82. The van der Waals surface area contributed by atoms with Gasteiger partial charge in [0.2, 0.25) is 0 Å². The number of rotatable bonds is 3. The van der Waals surface area contributed by atoms with Crippen molar-refractivity contribution in [3.05, 3.63) is 35.9 Å². The Hall–Kier alpha value is -1.48. The molecule has 86 valence electrons. The molecule has 0 unspecified atom stereocenters. The van der Waals surface area contributed by atoms with Crippen molar-refractivity contribution in [3.8, 4) is 11.5 Å². The van der Waals surface area contributed by atoms with Crippen molar-refractivity contribution in [2.24, 2.45) is 0 Å². The van der Waals surface area contributed by atoms with Gasteiger partial charge >= 0.3 is 0 Å². The summed E-state index contributed by atoms with van der Waals surface area (Å²) >= 11 is 0. The van der Waals surface area contributed by atoms with Crippen LogP contribution in [0.25, 0.3) is 0 Å². The Morgan fingerprint density at radius 3 is 2.62 bits per heavy atom. The second-order valence-electron chi connectivity index (χ2n) is 3.82. The fraction of sp³-hybridized carbons (Fsp3) is 0.385. The van der Waals surface area contributed by atoms with E-state index in [0.29, 0.717) is 0 Å². The minimum Gasteiger partial charge on any atom is -0.493 e. The molecule has 1 aliphatic heterocycles. The normalized spacial score (nSPS) is 18.8. The molecule has 0 saturated carbocycles. The van der Waals surface area contributed by atoms with Gasteiger partial charge in [0.05, 0.1) is 20.3 Å². The van der Waals surface area contributed by atoms with E-state index in [1.807, 2.05) is 12.1 Å². The molecule has 1 atom stereocenters. The van der Waals surface area contributed by atoms with Crippen LogP contribution in [0.2, 0.25) is 0 Å². The van der Waals surface area contributed by atoms with Gasteiger partial charge in [0.15, 0.2) is 11.5 Å². The van der Waals surface area contributed by atoms with Gasteiger partial charge in [0.25, 0.3) is 0 Å². The zero-order valence-corrected chi connectivity index (χ0v) is 9.75. The predicted molar refractivity (Wildman–Crippen MR) is 64.2 cm³/mol. The van der Waals surface area contributed by atoms with Crippen LogP contribution in [0.3, 0.4) is 0 Å². The minimum absolute atomic E-state index is 0.212. The van der Waals surface area contributed by atoms with Crippen molar-refractivity contribution in [1.82, 2.24) is 5.32 Å². The Balaban J connectivity index is 2.50. The van der Waals surface area contributed by atoms with Crippen LogP contribution >= 0.6 is 0 Å². The van der Waals surface area contributed by atoms with Crippen LogP contribution in [-0.2, 0) is 6.42 Å². The zero-order chi connectivity index (χ0) is 11.5. The molecular formula is C13H17NO2. The van der Waals surface area contributed by atoms with Gasteiger partial charge in [0.1, 0.15) is 0 Å². The van der Waals surface area contributed by atoms with Gasteiger partial charge in [-0.15, -0.1) is 6.58 Å². The lowest BCUT2D eigenvalue weighted by Gasteiger charge is -2.25. The van der Waals surface area contributed by atoms with Crippen LogP contribution in [-0.4, -0.2) is 20.8 Å². The maximum Gasteiger partial charge on any atom is 0.161 e. The van der Waals surface area contributed by atoms with Crippen LogP contribution in [0, 0.1) is 0 Å². The van der Waals surface area contributed by atoms with Gasteiger partial charge in [-0.3, -0.25) is 0 Å². The van der Waals surface area contributed by atoms with E-state index in [2.05, 4.69) is 18.0 Å². The molecule has 16 heavy (non-hydrogen) atoms. The molecule has 2 rings (SSSR count). The van der Waals surface area contributed by atoms with Gasteiger partial charge in [0, 0.05) is 6.54 Å². The van der Waals surface area contributed by atoms with E-state index in [-0.39, 0.29) is 6.04 Å². The summed E-state index contributed by atoms with van der Waals surface area (Å²) in [5.74, 6) is 1.57. The third-order valence-electron chi connectivity index (χ3n) is 2.97. The van der Waals surface area contributed by atoms with E-state index < -0.39 is 0 Å². The Morgan fingerprint density at radius 1 is 1.31 bits per heavy atom. The highest BCUT2D eigenvalue weighted by Crippen LogP contribution is 2.35. The number of nitrogens with one attached hydrogen (secondary N) is 1. The summed E-state index contributed by atoms with van der Waals surface area (Å²) < 4.78 is 10.6. The quantitative estimate of drug-likeness (QED) is 0.789. The largest absolute Gasteiger partial charge is 0.493 e. The molecule has 0 fully saturated rings. The SMILES string of the molecule is C=C[C@H]1NCCc2cc(OC)c(OC)cc21. The van der Waals surface area contributed by atoms with E-state index in [4.69, 9.17) is 9.47 Å². The highest BCUT2D eigenvalue weighted by atomic mass is 16.5. The zero-order valence-electron chi connectivity index (χ0n) is 9.75. The summed E-state index contributed by atoms with van der Waals surface area (Å²) in [6, 6.07) is 4.31. The third kappa shape index (κ3) is 1.78. The molecule has 0 saturated heterocycles. The third-order valence-corrected chi connectivity index (χ3v) is 2.97. The van der Waals surface area contributed by atoms with Crippen LogP contribution in [0.4, 0.5) is 0 Å². The fourth-order valence-electron chi connectivity index (χ4n) is 2.13. The molecule has 1 aromatic carbocycles. The van der Waals surface area contributed by atoms with Crippen molar-refractivity contribution in [2.45, 2.75) is 12.5 Å². The Labute approximate surface area is 96.1 Å². The van der Waals surface area contributed by atoms with Crippen molar-refractivity contribution in [2.75, 3.05) is 20.8 Å². The Kier molecular flexibility index (Phi) is 3.15. The summed E-state index contributed by atoms with van der Waals surface area (Å²) in [6.45, 7) is 4.82. The van der Waals surface area contributed by atoms with Gasteiger partial charge in [-0.1, -0.05) is 6.08 Å². The molecule has 0 radical (unpaired) electrons. The van der Waals surface area contributed by atoms with E-state index >= 15 is 0 Å². The number of ether oxygens (including phenoxy) is 2. The average molecular weight is 219 g/mol. The summed E-state index contributed by atoms with van der Waals surface area (Å²) in [4.78, 5) is 0. The van der Waals surface area contributed by atoms with E-state index in [9.17, 15) is 0 Å². The Bertz CT molecular complexity index is 401. The molecular weight excluding hydrogens is 202 g/mol. The lowest BCUT2D eigenvalue weighted by molar-refractivity contribution is 0.353. The van der Waals surface area contributed by atoms with E-state index in [0.717, 1.165) is 24.5 Å². The molecule has 3 heteroatoms. The number of methoxy groups -OCH3 is 2. The Morgan fingerprint density at radius 2 is 2.00 bits per heavy atom. The average Bonchev–Trinajstić information content (AvgIpc) is 2.36. The molecule has 0 aromatic heterocycles. The van der Waals surface area contributed by atoms with Crippen molar-refractivity contribution >= 4 is 0 Å². The standard InChI is InChI=1S/C13H17NO2/c1-4-11-10-8-13(16-3)12(15-2)7-9(10)5-6-14-11/h4,7-8,11,14H,1,5-6H2,2-3H3/t11-/m1/s1. The highest BCUT2D eigenvalue weighted by molar-refractivity contribution is 5.50. The topological polar surface area (TPSA) is 30.5 Å². The molecule has 3 nitrogen and oxygen atoms in total. The number of benzene rings is 1. The summed E-state index contributed by atoms with van der Waals surface area (Å²) in [6.07, 6.45) is 2.93. The highest BCUT2D eigenvalue weighted by Gasteiger charge is 2.20. The van der Waals surface area contributed by atoms with E-state index in [1.54, 1.807) is 14.2 Å². The smallest absolute Gasteiger partial charge is 0.161 e. The molecule has 1 aliphatic rings. The lowest BCUT2D eigenvalue weighted by Crippen LogP contribution is -2.28. The lowest BCUT2D eigenvalue weighted by atomic mass is 9.93. The predicted octanol–water partition coefficient (Wildman–Crippen LogP) is 2.08. The van der Waals surface area contributed by atoms with Crippen molar-refractivity contribution in [3.63, 3.8) is 0 Å². The maximum absolute atomic E-state index is 5.31. The number of hydrogen-bond acceptors (Lipinski definition) is 3. The van der Waals surface area contributed by atoms with Crippen molar-refractivity contribution < 1.29 is 9.47 Å². The van der Waals surface area contributed by atoms with Crippen LogP contribution < -0.4 is 14.8 Å². The molecule has 1 aromatic rings. The van der Waals surface area contributed by atoms with Crippen molar-refractivity contribution in [1.29, 1.82) is 0 Å². The number of hydrogen-bond donors (Lipinski definition) is 1. The summed E-state index contributed by atoms with van der Waals surface area (Å²) in [7, 11) is 3.32. The molecule has 0 aliphatic carbocycles.